The lowest BCUT2D eigenvalue weighted by Gasteiger charge is -2.40. The van der Waals surface area contributed by atoms with Crippen molar-refractivity contribution < 1.29 is 49.3 Å². The maximum atomic E-state index is 13.0. The van der Waals surface area contributed by atoms with E-state index in [9.17, 15) is 35.1 Å². The summed E-state index contributed by atoms with van der Waals surface area (Å²) >= 11 is 0. The van der Waals surface area contributed by atoms with E-state index >= 15 is 0 Å². The maximum absolute atomic E-state index is 13.0. The third-order valence-electron chi connectivity index (χ3n) is 12.8. The number of ether oxygens (including phenoxy) is 3. The highest BCUT2D eigenvalue weighted by Crippen LogP contribution is 2.23. The van der Waals surface area contributed by atoms with Gasteiger partial charge < -0.3 is 45.1 Å². The highest BCUT2D eigenvalue weighted by molar-refractivity contribution is 5.76. The first kappa shape index (κ1) is 61.9. The Balaban J connectivity index is 2.13. The van der Waals surface area contributed by atoms with Gasteiger partial charge in [-0.05, 0) is 64.2 Å². The summed E-state index contributed by atoms with van der Waals surface area (Å²) in [5, 5.41) is 54.1. The molecule has 66 heavy (non-hydrogen) atoms. The lowest BCUT2D eigenvalue weighted by molar-refractivity contribution is -0.302. The minimum Gasteiger partial charge on any atom is -0.466 e. The summed E-state index contributed by atoms with van der Waals surface area (Å²) in [6.07, 6.45) is 43.8. The minimum absolute atomic E-state index is 0.0394. The van der Waals surface area contributed by atoms with Crippen molar-refractivity contribution in [3.63, 3.8) is 0 Å². The summed E-state index contributed by atoms with van der Waals surface area (Å²) in [6.45, 7) is 4.23. The first-order valence-corrected chi connectivity index (χ1v) is 27.3. The van der Waals surface area contributed by atoms with Gasteiger partial charge in [0.25, 0.3) is 0 Å². The van der Waals surface area contributed by atoms with E-state index < -0.39 is 49.5 Å². The number of aliphatic hydroxyl groups excluding tert-OH is 5. The Labute approximate surface area is 403 Å². The predicted molar refractivity (Wildman–Crippen MR) is 269 cm³/mol. The van der Waals surface area contributed by atoms with Crippen molar-refractivity contribution in [3.05, 3.63) is 36.5 Å². The number of amides is 1. The van der Waals surface area contributed by atoms with Crippen molar-refractivity contribution in [2.75, 3.05) is 19.8 Å². The van der Waals surface area contributed by atoms with E-state index in [1.54, 1.807) is 6.08 Å². The number of hydrogen-bond donors (Lipinski definition) is 6. The van der Waals surface area contributed by atoms with Crippen molar-refractivity contribution in [3.8, 4) is 0 Å². The average Bonchev–Trinajstić information content (AvgIpc) is 3.31. The van der Waals surface area contributed by atoms with Crippen LogP contribution in [0.4, 0.5) is 0 Å². The summed E-state index contributed by atoms with van der Waals surface area (Å²) in [5.74, 6) is -0.246. The highest BCUT2D eigenvalue weighted by atomic mass is 16.7. The number of nitrogens with one attached hydrogen (secondary N) is 1. The van der Waals surface area contributed by atoms with E-state index in [1.165, 1.54) is 109 Å². The zero-order valence-electron chi connectivity index (χ0n) is 42.2. The number of carbonyl (C=O) groups is 2. The van der Waals surface area contributed by atoms with E-state index in [0.29, 0.717) is 19.4 Å². The molecule has 0 aromatic carbocycles. The molecule has 0 spiro atoms. The Morgan fingerprint density at radius 1 is 0.561 bits per heavy atom. The van der Waals surface area contributed by atoms with Crippen molar-refractivity contribution in [1.82, 2.24) is 5.32 Å². The van der Waals surface area contributed by atoms with Gasteiger partial charge in [0.15, 0.2) is 6.29 Å². The van der Waals surface area contributed by atoms with Gasteiger partial charge in [0.05, 0.1) is 32.0 Å². The molecule has 0 saturated carbocycles. The molecular formula is C55H101NO10. The molecule has 11 nitrogen and oxygen atoms in total. The van der Waals surface area contributed by atoms with Gasteiger partial charge in [0.1, 0.15) is 24.4 Å². The molecule has 11 heteroatoms. The Morgan fingerprint density at radius 3 is 1.50 bits per heavy atom. The third kappa shape index (κ3) is 35.1. The summed E-state index contributed by atoms with van der Waals surface area (Å²) < 4.78 is 16.6. The molecule has 1 aliphatic heterocycles. The normalized spacial score (nSPS) is 19.9. The molecule has 1 heterocycles. The zero-order valence-corrected chi connectivity index (χ0v) is 42.2. The predicted octanol–water partition coefficient (Wildman–Crippen LogP) is 11.6. The SMILES string of the molecule is CCCCCCCCC/C=C/C(O)C(COC1OC(CO)C(O)C(O)C1O)NC(=O)CCCCCCCC/C=C\C=C/CCCCCOC(=O)CCCCCCCCCCCCCCCC. The topological polar surface area (TPSA) is 175 Å². The van der Waals surface area contributed by atoms with Crippen LogP contribution in [0, 0.1) is 0 Å². The van der Waals surface area contributed by atoms with Gasteiger partial charge in [-0.15, -0.1) is 0 Å². The van der Waals surface area contributed by atoms with Crippen molar-refractivity contribution in [2.24, 2.45) is 0 Å². The molecule has 0 aromatic rings. The number of carbonyl (C=O) groups excluding carboxylic acids is 2. The molecule has 0 aromatic heterocycles. The largest absolute Gasteiger partial charge is 0.466 e. The quantitative estimate of drug-likeness (QED) is 0.0149. The average molecular weight is 936 g/mol. The van der Waals surface area contributed by atoms with E-state index in [0.717, 1.165) is 103 Å². The summed E-state index contributed by atoms with van der Waals surface area (Å²) in [6, 6.07) is -0.825. The summed E-state index contributed by atoms with van der Waals surface area (Å²) in [5.41, 5.74) is 0. The Bertz CT molecular complexity index is 1190. The zero-order chi connectivity index (χ0) is 48.1. The molecule has 386 valence electrons. The van der Waals surface area contributed by atoms with Crippen LogP contribution < -0.4 is 5.32 Å². The molecule has 1 saturated heterocycles. The molecule has 0 aliphatic carbocycles. The van der Waals surface area contributed by atoms with Crippen LogP contribution in [-0.2, 0) is 23.8 Å². The van der Waals surface area contributed by atoms with Gasteiger partial charge in [0.2, 0.25) is 5.91 Å². The molecular weight excluding hydrogens is 835 g/mol. The maximum Gasteiger partial charge on any atom is 0.305 e. The molecule has 6 N–H and O–H groups in total. The van der Waals surface area contributed by atoms with E-state index in [1.807, 2.05) is 6.08 Å². The van der Waals surface area contributed by atoms with E-state index in [2.05, 4.69) is 43.5 Å². The number of allylic oxidation sites excluding steroid dienone is 5. The van der Waals surface area contributed by atoms with Crippen LogP contribution >= 0.6 is 0 Å². The van der Waals surface area contributed by atoms with Gasteiger partial charge in [-0.3, -0.25) is 9.59 Å². The molecule has 1 aliphatic rings. The van der Waals surface area contributed by atoms with Crippen LogP contribution in [0.3, 0.4) is 0 Å². The van der Waals surface area contributed by atoms with Crippen LogP contribution in [0.2, 0.25) is 0 Å². The summed E-state index contributed by atoms with van der Waals surface area (Å²) in [7, 11) is 0. The highest BCUT2D eigenvalue weighted by Gasteiger charge is 2.44. The minimum atomic E-state index is -1.58. The number of hydrogen-bond acceptors (Lipinski definition) is 10. The Hall–Kier alpha value is -2.12. The second-order valence-corrected chi connectivity index (χ2v) is 19.0. The second-order valence-electron chi connectivity index (χ2n) is 19.0. The molecule has 1 rings (SSSR count). The summed E-state index contributed by atoms with van der Waals surface area (Å²) in [4.78, 5) is 25.0. The Morgan fingerprint density at radius 2 is 1.00 bits per heavy atom. The monoisotopic (exact) mass is 936 g/mol. The molecule has 0 radical (unpaired) electrons. The van der Waals surface area contributed by atoms with Gasteiger partial charge in [-0.2, -0.15) is 0 Å². The lowest BCUT2D eigenvalue weighted by atomic mass is 9.99. The Kier molecular flexibility index (Phi) is 42.5. The van der Waals surface area contributed by atoms with Crippen molar-refractivity contribution in [1.29, 1.82) is 0 Å². The number of rotatable bonds is 46. The van der Waals surface area contributed by atoms with Crippen LogP contribution in [0.1, 0.15) is 239 Å². The fraction of sp³-hybridized carbons (Fsp3) is 0.855. The number of aliphatic hydroxyl groups is 5. The fourth-order valence-corrected chi connectivity index (χ4v) is 8.36. The molecule has 1 fully saturated rings. The standard InChI is InChI=1S/C55H101NO10/c1-3-5-7-9-11-13-14-15-20-23-27-31-35-39-43-51(60)64-44-40-36-32-28-24-21-18-16-17-19-22-26-30-34-38-42-50(59)56-47(48(58)41-37-33-29-25-12-10-8-6-4-2)46-65-55-54(63)53(62)52(61)49(45-57)66-55/h16,18,21,24,37,41,47-49,52-55,57-58,61-63H,3-15,17,19-20,22-23,25-36,38-40,42-46H2,1-2H3,(H,56,59)/b18-16-,24-21-,41-37+. The molecule has 7 atom stereocenters. The van der Waals surface area contributed by atoms with Gasteiger partial charge >= 0.3 is 5.97 Å². The van der Waals surface area contributed by atoms with Crippen molar-refractivity contribution in [2.45, 2.75) is 281 Å². The molecule has 1 amide bonds. The van der Waals surface area contributed by atoms with Crippen molar-refractivity contribution >= 4 is 11.9 Å². The first-order valence-electron chi connectivity index (χ1n) is 27.3. The van der Waals surface area contributed by atoms with Crippen LogP contribution in [0.5, 0.6) is 0 Å². The van der Waals surface area contributed by atoms with Gasteiger partial charge in [-0.1, -0.05) is 198 Å². The fourth-order valence-electron chi connectivity index (χ4n) is 8.36. The first-order chi connectivity index (χ1) is 32.2. The lowest BCUT2D eigenvalue weighted by Crippen LogP contribution is -2.60. The second kappa shape index (κ2) is 45.3. The molecule has 7 unspecified atom stereocenters. The third-order valence-corrected chi connectivity index (χ3v) is 12.8. The van der Waals surface area contributed by atoms with Gasteiger partial charge in [0, 0.05) is 12.8 Å². The van der Waals surface area contributed by atoms with Crippen LogP contribution in [0.15, 0.2) is 36.5 Å². The number of esters is 1. The molecule has 0 bridgehead atoms. The number of unbranched alkanes of at least 4 members (excludes halogenated alkanes) is 29. The van der Waals surface area contributed by atoms with Gasteiger partial charge in [-0.25, -0.2) is 0 Å². The van der Waals surface area contributed by atoms with Crippen LogP contribution in [-0.4, -0.2) is 100 Å². The van der Waals surface area contributed by atoms with E-state index in [-0.39, 0.29) is 18.5 Å². The smallest absolute Gasteiger partial charge is 0.305 e. The van der Waals surface area contributed by atoms with Crippen LogP contribution in [0.25, 0.3) is 0 Å². The van der Waals surface area contributed by atoms with E-state index in [4.69, 9.17) is 14.2 Å².